The fourth-order valence-corrected chi connectivity index (χ4v) is 3.44. The van der Waals surface area contributed by atoms with Gasteiger partial charge in [0.25, 0.3) is 5.91 Å². The number of halogens is 1. The molecule has 3 aromatic rings. The number of likely N-dealkylation sites (N-methyl/N-ethyl adjacent to an activating group) is 1. The fraction of sp³-hybridized carbons (Fsp3) is 0.217. The van der Waals surface area contributed by atoms with E-state index in [9.17, 15) is 14.0 Å². The third-order valence-corrected chi connectivity index (χ3v) is 5.33. The molecule has 1 amide bonds. The van der Waals surface area contributed by atoms with E-state index in [2.05, 4.69) is 20.2 Å². The second-order valence-electron chi connectivity index (χ2n) is 7.56. The van der Waals surface area contributed by atoms with Crippen LogP contribution >= 0.6 is 0 Å². The van der Waals surface area contributed by atoms with E-state index in [1.807, 2.05) is 7.05 Å². The lowest BCUT2D eigenvalue weighted by atomic mass is 10.1. The third-order valence-electron chi connectivity index (χ3n) is 5.33. The standard InChI is InChI=1S/C23H22FN5O3/c1-28-10-12-29(13-11-28)21(30)18-7-6-17(14-19(18)24)26-23-25-9-8-20(27-23)15-2-4-16(5-3-15)22(31)32/h2-9,14H,10-13H2,1H3,(H,31,32)(H,25,26,27). The molecular formula is C23H22FN5O3. The van der Waals surface area contributed by atoms with Gasteiger partial charge in [-0.15, -0.1) is 0 Å². The summed E-state index contributed by atoms with van der Waals surface area (Å²) >= 11 is 0. The van der Waals surface area contributed by atoms with Gasteiger partial charge < -0.3 is 20.2 Å². The highest BCUT2D eigenvalue weighted by Gasteiger charge is 2.23. The monoisotopic (exact) mass is 435 g/mol. The number of benzene rings is 2. The second-order valence-corrected chi connectivity index (χ2v) is 7.56. The summed E-state index contributed by atoms with van der Waals surface area (Å²) in [6.07, 6.45) is 1.55. The molecule has 1 aliphatic rings. The van der Waals surface area contributed by atoms with E-state index in [-0.39, 0.29) is 23.0 Å². The maximum atomic E-state index is 14.7. The summed E-state index contributed by atoms with van der Waals surface area (Å²) in [6.45, 7) is 2.67. The number of hydrogen-bond acceptors (Lipinski definition) is 6. The Kier molecular flexibility index (Phi) is 6.09. The summed E-state index contributed by atoms with van der Waals surface area (Å²) in [5.74, 6) is -1.68. The van der Waals surface area contributed by atoms with Gasteiger partial charge in [0, 0.05) is 43.6 Å². The summed E-state index contributed by atoms with van der Waals surface area (Å²) in [6, 6.07) is 12.3. The molecule has 0 radical (unpaired) electrons. The van der Waals surface area contributed by atoms with Crippen molar-refractivity contribution in [1.29, 1.82) is 0 Å². The fourth-order valence-electron chi connectivity index (χ4n) is 3.44. The highest BCUT2D eigenvalue weighted by atomic mass is 19.1. The SMILES string of the molecule is CN1CCN(C(=O)c2ccc(Nc3nccc(-c4ccc(C(=O)O)cc4)n3)cc2F)CC1. The first-order valence-electron chi connectivity index (χ1n) is 10.1. The van der Waals surface area contributed by atoms with Crippen molar-refractivity contribution >= 4 is 23.5 Å². The highest BCUT2D eigenvalue weighted by molar-refractivity contribution is 5.95. The van der Waals surface area contributed by atoms with Crippen LogP contribution in [0.5, 0.6) is 0 Å². The van der Waals surface area contributed by atoms with Gasteiger partial charge in [0.2, 0.25) is 5.95 Å². The van der Waals surface area contributed by atoms with Gasteiger partial charge in [-0.2, -0.15) is 0 Å². The Hall–Kier alpha value is -3.85. The lowest BCUT2D eigenvalue weighted by molar-refractivity contribution is 0.0657. The Morgan fingerprint density at radius 3 is 2.41 bits per heavy atom. The van der Waals surface area contributed by atoms with Crippen LogP contribution in [0.1, 0.15) is 20.7 Å². The predicted molar refractivity (Wildman–Crippen MR) is 118 cm³/mol. The first-order chi connectivity index (χ1) is 15.4. The maximum Gasteiger partial charge on any atom is 0.335 e. The van der Waals surface area contributed by atoms with Gasteiger partial charge in [0.15, 0.2) is 0 Å². The van der Waals surface area contributed by atoms with Gasteiger partial charge >= 0.3 is 5.97 Å². The number of piperazine rings is 1. The number of aromatic carboxylic acids is 1. The number of amides is 1. The number of nitrogens with one attached hydrogen (secondary N) is 1. The maximum absolute atomic E-state index is 14.7. The average molecular weight is 435 g/mol. The summed E-state index contributed by atoms with van der Waals surface area (Å²) in [4.78, 5) is 36.0. The van der Waals surface area contributed by atoms with Crippen molar-refractivity contribution in [3.8, 4) is 11.3 Å². The number of aromatic nitrogens is 2. The van der Waals surface area contributed by atoms with E-state index in [0.717, 1.165) is 18.7 Å². The number of carbonyl (C=O) groups excluding carboxylic acids is 1. The van der Waals surface area contributed by atoms with Gasteiger partial charge in [0.1, 0.15) is 5.82 Å². The number of carboxylic acids is 1. The molecule has 164 valence electrons. The zero-order valence-corrected chi connectivity index (χ0v) is 17.5. The van der Waals surface area contributed by atoms with Crippen molar-refractivity contribution in [1.82, 2.24) is 19.8 Å². The van der Waals surface area contributed by atoms with Crippen molar-refractivity contribution in [2.24, 2.45) is 0 Å². The molecule has 9 heteroatoms. The lowest BCUT2D eigenvalue weighted by Crippen LogP contribution is -2.47. The molecule has 1 saturated heterocycles. The van der Waals surface area contributed by atoms with E-state index in [4.69, 9.17) is 5.11 Å². The number of hydrogen-bond donors (Lipinski definition) is 2. The predicted octanol–water partition coefficient (Wildman–Crippen LogP) is 3.11. The smallest absolute Gasteiger partial charge is 0.335 e. The quantitative estimate of drug-likeness (QED) is 0.635. The topological polar surface area (TPSA) is 98.7 Å². The molecule has 1 aliphatic heterocycles. The van der Waals surface area contributed by atoms with E-state index in [0.29, 0.717) is 24.5 Å². The van der Waals surface area contributed by atoms with E-state index < -0.39 is 11.8 Å². The zero-order chi connectivity index (χ0) is 22.7. The van der Waals surface area contributed by atoms with Gasteiger partial charge in [-0.3, -0.25) is 4.79 Å². The number of nitrogens with zero attached hydrogens (tertiary/aromatic N) is 4. The van der Waals surface area contributed by atoms with Crippen molar-refractivity contribution in [2.75, 3.05) is 38.5 Å². The Morgan fingerprint density at radius 1 is 1.03 bits per heavy atom. The summed E-state index contributed by atoms with van der Waals surface area (Å²) in [5, 5.41) is 12.0. The van der Waals surface area contributed by atoms with E-state index in [1.165, 1.54) is 24.3 Å². The Bertz CT molecular complexity index is 1140. The molecule has 0 spiro atoms. The van der Waals surface area contributed by atoms with Crippen molar-refractivity contribution in [3.63, 3.8) is 0 Å². The normalized spacial score (nSPS) is 14.2. The van der Waals surface area contributed by atoms with Gasteiger partial charge in [-0.25, -0.2) is 19.2 Å². The van der Waals surface area contributed by atoms with Crippen molar-refractivity contribution in [3.05, 3.63) is 71.7 Å². The molecule has 0 atom stereocenters. The first-order valence-corrected chi connectivity index (χ1v) is 10.1. The number of rotatable bonds is 5. The van der Waals surface area contributed by atoms with Crippen molar-refractivity contribution in [2.45, 2.75) is 0 Å². The molecule has 0 bridgehead atoms. The highest BCUT2D eigenvalue weighted by Crippen LogP contribution is 2.22. The average Bonchev–Trinajstić information content (AvgIpc) is 2.79. The molecule has 8 nitrogen and oxygen atoms in total. The molecule has 2 heterocycles. The molecule has 1 fully saturated rings. The van der Waals surface area contributed by atoms with Crippen LogP contribution in [0, 0.1) is 5.82 Å². The van der Waals surface area contributed by atoms with Gasteiger partial charge in [-0.1, -0.05) is 12.1 Å². The van der Waals surface area contributed by atoms with E-state index in [1.54, 1.807) is 35.4 Å². The molecule has 0 unspecified atom stereocenters. The minimum absolute atomic E-state index is 0.0355. The summed E-state index contributed by atoms with van der Waals surface area (Å²) in [7, 11) is 1.99. The van der Waals surface area contributed by atoms with Crippen LogP contribution in [0.3, 0.4) is 0 Å². The van der Waals surface area contributed by atoms with Gasteiger partial charge in [0.05, 0.1) is 16.8 Å². The molecule has 2 aromatic carbocycles. The molecule has 0 saturated carbocycles. The minimum atomic E-state index is -1.00. The molecule has 2 N–H and O–H groups in total. The van der Waals surface area contributed by atoms with E-state index >= 15 is 0 Å². The summed E-state index contributed by atoms with van der Waals surface area (Å²) < 4.78 is 14.7. The van der Waals surface area contributed by atoms with Gasteiger partial charge in [-0.05, 0) is 43.4 Å². The van der Waals surface area contributed by atoms with Crippen molar-refractivity contribution < 1.29 is 19.1 Å². The second kappa shape index (κ2) is 9.11. The number of anilines is 2. The largest absolute Gasteiger partial charge is 0.478 e. The van der Waals surface area contributed by atoms with Crippen LogP contribution in [0.4, 0.5) is 16.0 Å². The van der Waals surface area contributed by atoms with Crippen LogP contribution in [-0.4, -0.2) is 70.0 Å². The van der Waals surface area contributed by atoms with Crippen LogP contribution in [0.15, 0.2) is 54.7 Å². The molecule has 1 aromatic heterocycles. The molecule has 32 heavy (non-hydrogen) atoms. The number of carbonyl (C=O) groups is 2. The summed E-state index contributed by atoms with van der Waals surface area (Å²) in [5.41, 5.74) is 1.94. The molecule has 0 aliphatic carbocycles. The third kappa shape index (κ3) is 4.73. The van der Waals surface area contributed by atoms with Crippen LogP contribution in [0.2, 0.25) is 0 Å². The number of carboxylic acid groups (broad SMARTS) is 1. The Balaban J connectivity index is 1.48. The Labute approximate surface area is 184 Å². The van der Waals surface area contributed by atoms with Crippen LogP contribution in [0.25, 0.3) is 11.3 Å². The molecule has 4 rings (SSSR count). The first kappa shape index (κ1) is 21.4. The lowest BCUT2D eigenvalue weighted by Gasteiger charge is -2.32. The minimum Gasteiger partial charge on any atom is -0.478 e. The zero-order valence-electron chi connectivity index (χ0n) is 17.5. The molecular weight excluding hydrogens is 413 g/mol. The van der Waals surface area contributed by atoms with Crippen LogP contribution in [-0.2, 0) is 0 Å². The van der Waals surface area contributed by atoms with Crippen LogP contribution < -0.4 is 5.32 Å². The Morgan fingerprint density at radius 2 is 1.75 bits per heavy atom.